The van der Waals surface area contributed by atoms with Crippen molar-refractivity contribution in [3.63, 3.8) is 0 Å². The Morgan fingerprint density at radius 3 is 2.64 bits per heavy atom. The molecule has 0 saturated carbocycles. The van der Waals surface area contributed by atoms with Crippen LogP contribution in [0.1, 0.15) is 27.4 Å². The fraction of sp³-hybridized carbons (Fsp3) is 0.286. The lowest BCUT2D eigenvalue weighted by Gasteiger charge is -2.08. The molecule has 0 aromatic carbocycles. The van der Waals surface area contributed by atoms with Gasteiger partial charge in [-0.1, -0.05) is 11.6 Å². The van der Waals surface area contributed by atoms with Crippen molar-refractivity contribution < 1.29 is 18.0 Å². The van der Waals surface area contributed by atoms with Gasteiger partial charge < -0.3 is 5.32 Å². The van der Waals surface area contributed by atoms with E-state index in [-0.39, 0.29) is 28.7 Å². The Kier molecular flexibility index (Phi) is 4.15. The molecular weight excluding hydrogens is 361 g/mol. The van der Waals surface area contributed by atoms with Crippen LogP contribution in [0.25, 0.3) is 5.65 Å². The van der Waals surface area contributed by atoms with E-state index in [0.29, 0.717) is 5.69 Å². The lowest BCUT2D eigenvalue weighted by Crippen LogP contribution is -2.24. The van der Waals surface area contributed by atoms with Crippen LogP contribution >= 0.6 is 11.6 Å². The molecule has 0 bridgehead atoms. The Bertz CT molecular complexity index is 962. The Morgan fingerprint density at radius 1 is 1.32 bits per heavy atom. The molecule has 3 rings (SSSR count). The summed E-state index contributed by atoms with van der Waals surface area (Å²) < 4.78 is 41.0. The van der Waals surface area contributed by atoms with Gasteiger partial charge in [-0.2, -0.15) is 18.3 Å². The summed E-state index contributed by atoms with van der Waals surface area (Å²) in [7, 11) is 1.59. The molecule has 0 saturated heterocycles. The SMILES string of the molecule is Cc1nn(C)c(Cl)c1C(=O)NCc1nnc2ccc(C(F)(F)F)cn12. The summed E-state index contributed by atoms with van der Waals surface area (Å²) in [6, 6.07) is 2.13. The third-order valence-electron chi connectivity index (χ3n) is 3.59. The van der Waals surface area contributed by atoms with E-state index >= 15 is 0 Å². The van der Waals surface area contributed by atoms with Gasteiger partial charge in [-0.15, -0.1) is 10.2 Å². The second-order valence-corrected chi connectivity index (χ2v) is 5.68. The Labute approximate surface area is 144 Å². The number of fused-ring (bicyclic) bond motifs is 1. The number of rotatable bonds is 3. The van der Waals surface area contributed by atoms with Crippen molar-refractivity contribution in [2.75, 3.05) is 0 Å². The van der Waals surface area contributed by atoms with E-state index < -0.39 is 17.6 Å². The number of amides is 1. The smallest absolute Gasteiger partial charge is 0.345 e. The van der Waals surface area contributed by atoms with E-state index in [2.05, 4.69) is 20.6 Å². The molecule has 0 spiro atoms. The largest absolute Gasteiger partial charge is 0.417 e. The number of carbonyl (C=O) groups excluding carboxylic acids is 1. The first-order chi connectivity index (χ1) is 11.7. The molecule has 7 nitrogen and oxygen atoms in total. The molecule has 3 aromatic heterocycles. The highest BCUT2D eigenvalue weighted by Crippen LogP contribution is 2.29. The van der Waals surface area contributed by atoms with Crippen molar-refractivity contribution in [1.82, 2.24) is 29.7 Å². The normalized spacial score (nSPS) is 11.9. The standard InChI is InChI=1S/C14H12ClF3N6O/c1-7-11(12(15)23(2)22-7)13(25)19-5-10-21-20-9-4-3-8(6-24(9)10)14(16,17)18/h3-4,6H,5H2,1-2H3,(H,19,25). The summed E-state index contributed by atoms with van der Waals surface area (Å²) in [5, 5.41) is 14.4. The summed E-state index contributed by atoms with van der Waals surface area (Å²) >= 11 is 6.02. The predicted octanol–water partition coefficient (Wildman–Crippen LogP) is 2.37. The summed E-state index contributed by atoms with van der Waals surface area (Å²) in [6.45, 7) is 1.51. The van der Waals surface area contributed by atoms with Gasteiger partial charge in [0.2, 0.25) is 0 Å². The van der Waals surface area contributed by atoms with Crippen LogP contribution in [0.4, 0.5) is 13.2 Å². The summed E-state index contributed by atoms with van der Waals surface area (Å²) in [5.74, 6) is -0.341. The first-order valence-electron chi connectivity index (χ1n) is 7.06. The molecule has 0 aliphatic heterocycles. The van der Waals surface area contributed by atoms with Crippen LogP contribution in [0, 0.1) is 6.92 Å². The van der Waals surface area contributed by atoms with Crippen molar-refractivity contribution in [1.29, 1.82) is 0 Å². The fourth-order valence-corrected chi connectivity index (χ4v) is 2.62. The van der Waals surface area contributed by atoms with Crippen LogP contribution < -0.4 is 5.32 Å². The summed E-state index contributed by atoms with van der Waals surface area (Å²) in [6.07, 6.45) is -3.60. The summed E-state index contributed by atoms with van der Waals surface area (Å²) in [5.41, 5.74) is 0.0517. The van der Waals surface area contributed by atoms with Crippen molar-refractivity contribution in [2.24, 2.45) is 7.05 Å². The highest BCUT2D eigenvalue weighted by atomic mass is 35.5. The van der Waals surface area contributed by atoms with E-state index in [4.69, 9.17) is 11.6 Å². The van der Waals surface area contributed by atoms with Crippen molar-refractivity contribution in [2.45, 2.75) is 19.6 Å². The van der Waals surface area contributed by atoms with Crippen LogP contribution in [-0.2, 0) is 19.8 Å². The molecule has 0 aliphatic rings. The quantitative estimate of drug-likeness (QED) is 0.765. The van der Waals surface area contributed by atoms with Crippen LogP contribution in [-0.4, -0.2) is 30.3 Å². The van der Waals surface area contributed by atoms with Crippen molar-refractivity contribution in [3.05, 3.63) is 46.1 Å². The van der Waals surface area contributed by atoms with Gasteiger partial charge in [0.1, 0.15) is 5.15 Å². The highest BCUT2D eigenvalue weighted by Gasteiger charge is 2.31. The van der Waals surface area contributed by atoms with Crippen LogP contribution in [0.5, 0.6) is 0 Å². The number of hydrogen-bond acceptors (Lipinski definition) is 4. The number of hydrogen-bond donors (Lipinski definition) is 1. The average Bonchev–Trinajstić information content (AvgIpc) is 3.04. The average molecular weight is 373 g/mol. The van der Waals surface area contributed by atoms with Gasteiger partial charge in [-0.05, 0) is 19.1 Å². The first-order valence-corrected chi connectivity index (χ1v) is 7.44. The minimum Gasteiger partial charge on any atom is -0.345 e. The van der Waals surface area contributed by atoms with E-state index in [1.807, 2.05) is 0 Å². The molecule has 1 amide bonds. The summed E-state index contributed by atoms with van der Waals surface area (Å²) in [4.78, 5) is 12.3. The van der Waals surface area contributed by atoms with Gasteiger partial charge in [0, 0.05) is 13.2 Å². The van der Waals surface area contributed by atoms with Gasteiger partial charge in [0.25, 0.3) is 5.91 Å². The Balaban J connectivity index is 1.85. The predicted molar refractivity (Wildman–Crippen MR) is 82.1 cm³/mol. The minimum atomic E-state index is -4.49. The molecule has 25 heavy (non-hydrogen) atoms. The molecule has 0 atom stereocenters. The van der Waals surface area contributed by atoms with E-state index in [0.717, 1.165) is 12.3 Å². The number of nitrogens with one attached hydrogen (secondary N) is 1. The minimum absolute atomic E-state index is 0.119. The van der Waals surface area contributed by atoms with Crippen LogP contribution in [0.2, 0.25) is 5.15 Å². The van der Waals surface area contributed by atoms with Crippen LogP contribution in [0.3, 0.4) is 0 Å². The molecule has 0 fully saturated rings. The van der Waals surface area contributed by atoms with Crippen molar-refractivity contribution >= 4 is 23.2 Å². The number of aromatic nitrogens is 5. The molecule has 0 unspecified atom stereocenters. The van der Waals surface area contributed by atoms with Crippen LogP contribution in [0.15, 0.2) is 18.3 Å². The zero-order valence-corrected chi connectivity index (χ0v) is 13.9. The maximum absolute atomic E-state index is 12.8. The molecule has 132 valence electrons. The van der Waals surface area contributed by atoms with E-state index in [1.165, 1.54) is 15.1 Å². The highest BCUT2D eigenvalue weighted by molar-refractivity contribution is 6.33. The maximum atomic E-state index is 12.8. The molecule has 0 radical (unpaired) electrons. The molecule has 0 aliphatic carbocycles. The molecule has 3 aromatic rings. The number of pyridine rings is 1. The van der Waals surface area contributed by atoms with Crippen molar-refractivity contribution in [3.8, 4) is 0 Å². The zero-order valence-electron chi connectivity index (χ0n) is 13.1. The molecule has 11 heteroatoms. The Hall–Kier alpha value is -2.62. The number of aryl methyl sites for hydroxylation is 2. The van der Waals surface area contributed by atoms with Gasteiger partial charge in [-0.3, -0.25) is 13.9 Å². The third kappa shape index (κ3) is 3.16. The topological polar surface area (TPSA) is 77.1 Å². The van der Waals surface area contributed by atoms with E-state index in [9.17, 15) is 18.0 Å². The number of alkyl halides is 3. The van der Waals surface area contributed by atoms with Gasteiger partial charge in [-0.25, -0.2) is 0 Å². The third-order valence-corrected chi connectivity index (χ3v) is 4.02. The first kappa shape index (κ1) is 17.2. The molecular formula is C14H12ClF3N6O. The lowest BCUT2D eigenvalue weighted by molar-refractivity contribution is -0.137. The van der Waals surface area contributed by atoms with E-state index in [1.54, 1.807) is 14.0 Å². The second kappa shape index (κ2) is 6.03. The fourth-order valence-electron chi connectivity index (χ4n) is 2.36. The Morgan fingerprint density at radius 2 is 2.04 bits per heavy atom. The molecule has 3 heterocycles. The molecule has 1 N–H and O–H groups in total. The van der Waals surface area contributed by atoms with Gasteiger partial charge in [0.15, 0.2) is 11.5 Å². The van der Waals surface area contributed by atoms with Gasteiger partial charge >= 0.3 is 6.18 Å². The number of carbonyl (C=O) groups is 1. The number of halogens is 4. The van der Waals surface area contributed by atoms with Gasteiger partial charge in [0.05, 0.1) is 23.4 Å². The monoisotopic (exact) mass is 372 g/mol. The lowest BCUT2D eigenvalue weighted by atomic mass is 10.2. The maximum Gasteiger partial charge on any atom is 0.417 e. The zero-order chi connectivity index (χ0) is 18.4. The second-order valence-electron chi connectivity index (χ2n) is 5.32. The number of nitrogens with zero attached hydrogens (tertiary/aromatic N) is 5.